The molecule has 1 saturated heterocycles. The summed E-state index contributed by atoms with van der Waals surface area (Å²) < 4.78 is 13.3. The Hall–Kier alpha value is -1.22. The summed E-state index contributed by atoms with van der Waals surface area (Å²) in [5.74, 6) is 0.501. The molecule has 3 heterocycles. The summed E-state index contributed by atoms with van der Waals surface area (Å²) in [5.41, 5.74) is 0.832. The van der Waals surface area contributed by atoms with Crippen LogP contribution in [-0.2, 0) is 4.74 Å². The molecule has 1 aliphatic rings. The highest BCUT2D eigenvalue weighted by Gasteiger charge is 2.20. The minimum absolute atomic E-state index is 0.0947. The van der Waals surface area contributed by atoms with Crippen LogP contribution in [0.2, 0.25) is 0 Å². The molecule has 0 unspecified atom stereocenters. The van der Waals surface area contributed by atoms with E-state index >= 15 is 0 Å². The van der Waals surface area contributed by atoms with Crippen molar-refractivity contribution in [2.75, 3.05) is 13.2 Å². The van der Waals surface area contributed by atoms with Crippen LogP contribution in [0.15, 0.2) is 24.5 Å². The first-order valence-corrected chi connectivity index (χ1v) is 6.18. The van der Waals surface area contributed by atoms with Crippen LogP contribution in [0, 0.1) is 3.70 Å². The average molecular weight is 344 g/mol. The molecule has 6 nitrogen and oxygen atoms in total. The number of nitrogens with zero attached hydrogens (tertiary/aromatic N) is 4. The second-order valence-electron chi connectivity index (χ2n) is 3.61. The first-order chi connectivity index (χ1) is 8.31. The molecule has 2 aromatic rings. The van der Waals surface area contributed by atoms with Gasteiger partial charge in [-0.25, -0.2) is 4.68 Å². The van der Waals surface area contributed by atoms with Crippen LogP contribution in [0.1, 0.15) is 0 Å². The molecule has 2 aromatic heterocycles. The molecule has 7 heteroatoms. The first-order valence-electron chi connectivity index (χ1n) is 5.10. The van der Waals surface area contributed by atoms with Gasteiger partial charge in [0.25, 0.3) is 0 Å². The quantitative estimate of drug-likeness (QED) is 0.779. The van der Waals surface area contributed by atoms with E-state index in [0.717, 1.165) is 9.39 Å². The van der Waals surface area contributed by atoms with Crippen molar-refractivity contribution in [3.63, 3.8) is 0 Å². The van der Waals surface area contributed by atoms with Gasteiger partial charge in [0, 0.05) is 12.3 Å². The van der Waals surface area contributed by atoms with Crippen molar-refractivity contribution in [2.45, 2.75) is 6.10 Å². The summed E-state index contributed by atoms with van der Waals surface area (Å²) >= 11 is 2.16. The average Bonchev–Trinajstić information content (AvgIpc) is 2.71. The molecule has 0 radical (unpaired) electrons. The summed E-state index contributed by atoms with van der Waals surface area (Å²) in [5, 5.41) is 12.1. The Labute approximate surface area is 111 Å². The highest BCUT2D eigenvalue weighted by Crippen LogP contribution is 2.16. The number of halogens is 1. The van der Waals surface area contributed by atoms with Crippen LogP contribution in [0.25, 0.3) is 5.69 Å². The molecule has 88 valence electrons. The molecule has 0 saturated carbocycles. The van der Waals surface area contributed by atoms with Gasteiger partial charge in [-0.05, 0) is 28.7 Å². The Morgan fingerprint density at radius 3 is 3.00 bits per heavy atom. The van der Waals surface area contributed by atoms with Crippen molar-refractivity contribution in [2.24, 2.45) is 0 Å². The first kappa shape index (κ1) is 10.9. The van der Waals surface area contributed by atoms with E-state index in [9.17, 15) is 0 Å². The molecule has 0 amide bonds. The lowest BCUT2D eigenvalue weighted by atomic mass is 10.3. The van der Waals surface area contributed by atoms with Crippen LogP contribution >= 0.6 is 22.6 Å². The van der Waals surface area contributed by atoms with Crippen molar-refractivity contribution in [1.82, 2.24) is 20.0 Å². The largest absolute Gasteiger partial charge is 0.468 e. The third-order valence-corrected chi connectivity index (χ3v) is 2.91. The van der Waals surface area contributed by atoms with Crippen molar-refractivity contribution >= 4 is 22.6 Å². The topological polar surface area (TPSA) is 62.1 Å². The Morgan fingerprint density at radius 2 is 2.35 bits per heavy atom. The Kier molecular flexibility index (Phi) is 2.93. The predicted octanol–water partition coefficient (Wildman–Crippen LogP) is 1.04. The fourth-order valence-electron chi connectivity index (χ4n) is 1.42. The molecule has 1 fully saturated rings. The van der Waals surface area contributed by atoms with Crippen molar-refractivity contribution in [3.8, 4) is 11.6 Å². The maximum atomic E-state index is 5.58. The van der Waals surface area contributed by atoms with E-state index in [0.29, 0.717) is 19.1 Å². The predicted molar refractivity (Wildman–Crippen MR) is 67.1 cm³/mol. The molecule has 1 aliphatic heterocycles. The van der Waals surface area contributed by atoms with E-state index in [1.165, 1.54) is 0 Å². The fraction of sp³-hybridized carbons (Fsp3) is 0.300. The van der Waals surface area contributed by atoms with E-state index < -0.39 is 0 Å². The number of hydrogen-bond donors (Lipinski definition) is 0. The summed E-state index contributed by atoms with van der Waals surface area (Å²) in [6.07, 6.45) is 3.61. The third-order valence-electron chi connectivity index (χ3n) is 2.33. The second-order valence-corrected chi connectivity index (χ2v) is 4.72. The zero-order valence-electron chi connectivity index (χ0n) is 8.78. The minimum Gasteiger partial charge on any atom is -0.468 e. The highest BCUT2D eigenvalue weighted by atomic mass is 127. The van der Waals surface area contributed by atoms with E-state index in [1.54, 1.807) is 10.9 Å². The normalized spacial score (nSPS) is 15.6. The molecule has 17 heavy (non-hydrogen) atoms. The Balaban J connectivity index is 1.82. The maximum Gasteiger partial charge on any atom is 0.235 e. The number of ether oxygens (including phenoxy) is 2. The maximum absolute atomic E-state index is 5.58. The summed E-state index contributed by atoms with van der Waals surface area (Å²) in [4.78, 5) is 0. The van der Waals surface area contributed by atoms with Gasteiger partial charge in [0.1, 0.15) is 9.80 Å². The molecule has 0 spiro atoms. The van der Waals surface area contributed by atoms with Gasteiger partial charge in [0.05, 0.1) is 25.1 Å². The lowest BCUT2D eigenvalue weighted by molar-refractivity contribution is -0.0816. The Morgan fingerprint density at radius 1 is 1.47 bits per heavy atom. The standard InChI is InChI=1S/C10H9IN4O2/c11-9-1-2-15(14-9)7-3-10(13-12-4-7)17-8-5-16-6-8/h1-4,8H,5-6H2. The van der Waals surface area contributed by atoms with Gasteiger partial charge in [0.2, 0.25) is 5.88 Å². The van der Waals surface area contributed by atoms with Gasteiger partial charge >= 0.3 is 0 Å². The van der Waals surface area contributed by atoms with Crippen LogP contribution in [0.3, 0.4) is 0 Å². The monoisotopic (exact) mass is 344 g/mol. The molecule has 0 atom stereocenters. The van der Waals surface area contributed by atoms with Crippen LogP contribution in [0.5, 0.6) is 5.88 Å². The molecule has 0 bridgehead atoms. The van der Waals surface area contributed by atoms with Crippen molar-refractivity contribution in [3.05, 3.63) is 28.2 Å². The lowest BCUT2D eigenvalue weighted by Gasteiger charge is -2.25. The fourth-order valence-corrected chi connectivity index (χ4v) is 1.81. The molecule has 0 N–H and O–H groups in total. The third kappa shape index (κ3) is 2.39. The van der Waals surface area contributed by atoms with Gasteiger partial charge in [0.15, 0.2) is 0 Å². The van der Waals surface area contributed by atoms with E-state index in [4.69, 9.17) is 9.47 Å². The number of rotatable bonds is 3. The van der Waals surface area contributed by atoms with Gasteiger partial charge < -0.3 is 9.47 Å². The molecule has 0 aliphatic carbocycles. The minimum atomic E-state index is 0.0947. The van der Waals surface area contributed by atoms with Crippen LogP contribution < -0.4 is 4.74 Å². The molecular weight excluding hydrogens is 335 g/mol. The molecule has 3 rings (SSSR count). The van der Waals surface area contributed by atoms with Gasteiger partial charge in [-0.2, -0.15) is 10.2 Å². The number of hydrogen-bond acceptors (Lipinski definition) is 5. The van der Waals surface area contributed by atoms with E-state index in [1.807, 2.05) is 18.3 Å². The smallest absolute Gasteiger partial charge is 0.235 e. The van der Waals surface area contributed by atoms with Crippen molar-refractivity contribution < 1.29 is 9.47 Å². The summed E-state index contributed by atoms with van der Waals surface area (Å²) in [6, 6.07) is 3.73. The highest BCUT2D eigenvalue weighted by molar-refractivity contribution is 14.1. The van der Waals surface area contributed by atoms with E-state index in [2.05, 4.69) is 37.9 Å². The van der Waals surface area contributed by atoms with Gasteiger partial charge in [-0.1, -0.05) is 0 Å². The van der Waals surface area contributed by atoms with Gasteiger partial charge in [-0.3, -0.25) is 0 Å². The lowest BCUT2D eigenvalue weighted by Crippen LogP contribution is -2.38. The summed E-state index contributed by atoms with van der Waals surface area (Å²) in [7, 11) is 0. The van der Waals surface area contributed by atoms with E-state index in [-0.39, 0.29) is 6.10 Å². The molecule has 0 aromatic carbocycles. The molecular formula is C10H9IN4O2. The van der Waals surface area contributed by atoms with Gasteiger partial charge in [-0.15, -0.1) is 5.10 Å². The Bertz CT molecular complexity index is 527. The number of aromatic nitrogens is 4. The summed E-state index contributed by atoms with van der Waals surface area (Å²) in [6.45, 7) is 1.23. The SMILES string of the molecule is Ic1ccn(-c2cnnc(OC3COC3)c2)n1. The van der Waals surface area contributed by atoms with Crippen molar-refractivity contribution in [1.29, 1.82) is 0 Å². The van der Waals surface area contributed by atoms with Crippen LogP contribution in [-0.4, -0.2) is 39.3 Å². The zero-order chi connectivity index (χ0) is 11.7. The van der Waals surface area contributed by atoms with Crippen LogP contribution in [0.4, 0.5) is 0 Å². The second kappa shape index (κ2) is 4.57. The zero-order valence-corrected chi connectivity index (χ0v) is 10.9.